The van der Waals surface area contributed by atoms with Crippen LogP contribution in [0.3, 0.4) is 0 Å². The number of halogens is 1. The molecular formula is C36H38ClN5O4. The zero-order valence-corrected chi connectivity index (χ0v) is 26.9. The molecule has 3 aromatic carbocycles. The Balaban J connectivity index is 1.34. The molecule has 0 bridgehead atoms. The third-order valence-electron chi connectivity index (χ3n) is 8.51. The number of likely N-dealkylation sites (N-methyl/N-ethyl adjacent to an activating group) is 1. The van der Waals surface area contributed by atoms with E-state index in [1.807, 2.05) is 78.4 Å². The van der Waals surface area contributed by atoms with Crippen LogP contribution >= 0.6 is 11.6 Å². The number of carboxylic acid groups (broad SMARTS) is 1. The van der Waals surface area contributed by atoms with Crippen molar-refractivity contribution < 1.29 is 19.4 Å². The smallest absolute Gasteiger partial charge is 0.345 e. The fourth-order valence-electron chi connectivity index (χ4n) is 5.85. The van der Waals surface area contributed by atoms with Gasteiger partial charge in [-0.1, -0.05) is 78.3 Å². The summed E-state index contributed by atoms with van der Waals surface area (Å²) in [6.07, 6.45) is 2.47. The summed E-state index contributed by atoms with van der Waals surface area (Å²) in [5.41, 5.74) is 5.09. The summed E-state index contributed by atoms with van der Waals surface area (Å²) >= 11 is 6.94. The molecule has 5 aromatic rings. The quantitative estimate of drug-likeness (QED) is 0.183. The van der Waals surface area contributed by atoms with Crippen molar-refractivity contribution in [1.29, 1.82) is 0 Å². The normalized spacial score (nSPS) is 14.8. The lowest BCUT2D eigenvalue weighted by Crippen LogP contribution is -2.45. The number of rotatable bonds is 12. The molecule has 2 aromatic heterocycles. The van der Waals surface area contributed by atoms with Gasteiger partial charge in [0.1, 0.15) is 24.3 Å². The highest BCUT2D eigenvalue weighted by Crippen LogP contribution is 2.41. The van der Waals surface area contributed by atoms with Crippen LogP contribution in [0.25, 0.3) is 22.2 Å². The Morgan fingerprint density at radius 1 is 0.935 bits per heavy atom. The maximum Gasteiger partial charge on any atom is 0.345 e. The molecule has 238 valence electrons. The van der Waals surface area contributed by atoms with Crippen LogP contribution in [0.2, 0.25) is 5.02 Å². The van der Waals surface area contributed by atoms with E-state index < -0.39 is 12.1 Å². The van der Waals surface area contributed by atoms with E-state index in [0.29, 0.717) is 35.0 Å². The van der Waals surface area contributed by atoms with Gasteiger partial charge in [-0.15, -0.1) is 0 Å². The van der Waals surface area contributed by atoms with Crippen LogP contribution in [0.15, 0.2) is 85.3 Å². The number of piperazine rings is 1. The van der Waals surface area contributed by atoms with Crippen molar-refractivity contribution in [2.24, 2.45) is 0 Å². The van der Waals surface area contributed by atoms with E-state index in [1.54, 1.807) is 0 Å². The summed E-state index contributed by atoms with van der Waals surface area (Å²) in [6.45, 7) is 8.07. The zero-order valence-electron chi connectivity index (χ0n) is 26.1. The molecule has 0 aliphatic carbocycles. The maximum absolute atomic E-state index is 12.4. The largest absolute Gasteiger partial charge is 0.491 e. The first-order valence-corrected chi connectivity index (χ1v) is 15.9. The molecule has 1 N–H and O–H groups in total. The van der Waals surface area contributed by atoms with Gasteiger partial charge in [0.2, 0.25) is 12.0 Å². The Hall–Kier alpha value is -4.44. The number of nitrogens with zero attached hydrogens (tertiary/aromatic N) is 5. The van der Waals surface area contributed by atoms with E-state index in [0.717, 1.165) is 60.5 Å². The van der Waals surface area contributed by atoms with Crippen molar-refractivity contribution in [3.8, 4) is 22.8 Å². The number of hydrogen-bond donors (Lipinski definition) is 1. The summed E-state index contributed by atoms with van der Waals surface area (Å²) in [7, 11) is 2.15. The number of fused-ring (bicyclic) bond motifs is 1. The Bertz CT molecular complexity index is 1790. The topological polar surface area (TPSA) is 92.9 Å². The van der Waals surface area contributed by atoms with Gasteiger partial charge in [0.15, 0.2) is 0 Å². The van der Waals surface area contributed by atoms with Crippen LogP contribution < -0.4 is 9.47 Å². The fourth-order valence-corrected chi connectivity index (χ4v) is 6.07. The zero-order chi connectivity index (χ0) is 32.0. The van der Waals surface area contributed by atoms with Crippen LogP contribution in [-0.4, -0.2) is 87.9 Å². The first-order valence-electron chi connectivity index (χ1n) is 15.5. The van der Waals surface area contributed by atoms with Gasteiger partial charge < -0.3 is 24.0 Å². The molecule has 0 amide bonds. The number of hydrogen-bond acceptors (Lipinski definition) is 7. The van der Waals surface area contributed by atoms with Crippen molar-refractivity contribution in [3.05, 3.63) is 107 Å². The standard InChI is InChI=1S/C36H38ClN5O4/c1-25-28(13-14-30(33(25)37)45-20-19-41-17-15-40(2)16-18-41)29-23-42(22-27-11-7-4-8-12-27)34-32(29)35(39-24-38-34)46-31(36(43)44)21-26-9-5-3-6-10-26/h3-14,23-24,31H,15-22H2,1-2H3,(H,43,44). The molecule has 10 heteroatoms. The third kappa shape index (κ3) is 7.17. The highest BCUT2D eigenvalue weighted by atomic mass is 35.5. The number of ether oxygens (including phenoxy) is 2. The average molecular weight is 640 g/mol. The summed E-state index contributed by atoms with van der Waals surface area (Å²) in [5.74, 6) is -0.233. The third-order valence-corrected chi connectivity index (χ3v) is 8.98. The molecule has 1 atom stereocenters. The molecule has 6 rings (SSSR count). The Labute approximate surface area is 274 Å². The SMILES string of the molecule is Cc1c(-c2cn(Cc3ccccc3)c3ncnc(OC(Cc4ccccc4)C(=O)O)c23)ccc(OCCN2CCN(C)CC2)c1Cl. The van der Waals surface area contributed by atoms with E-state index in [4.69, 9.17) is 21.1 Å². The van der Waals surface area contributed by atoms with Crippen LogP contribution in [0.1, 0.15) is 16.7 Å². The van der Waals surface area contributed by atoms with Gasteiger partial charge in [-0.2, -0.15) is 0 Å². The molecular weight excluding hydrogens is 602 g/mol. The average Bonchev–Trinajstić information content (AvgIpc) is 3.43. The summed E-state index contributed by atoms with van der Waals surface area (Å²) in [5, 5.41) is 11.3. The molecule has 1 aliphatic heterocycles. The fraction of sp³-hybridized carbons (Fsp3) is 0.306. The number of carboxylic acids is 1. The maximum atomic E-state index is 12.4. The van der Waals surface area contributed by atoms with Crippen molar-refractivity contribution in [3.63, 3.8) is 0 Å². The first kappa shape index (κ1) is 31.5. The highest BCUT2D eigenvalue weighted by molar-refractivity contribution is 6.33. The van der Waals surface area contributed by atoms with Crippen molar-refractivity contribution in [1.82, 2.24) is 24.3 Å². The van der Waals surface area contributed by atoms with Crippen LogP contribution in [0, 0.1) is 6.92 Å². The molecule has 9 nitrogen and oxygen atoms in total. The van der Waals surface area contributed by atoms with E-state index in [2.05, 4.69) is 38.9 Å². The molecule has 1 saturated heterocycles. The summed E-state index contributed by atoms with van der Waals surface area (Å²) < 4.78 is 14.4. The van der Waals surface area contributed by atoms with Gasteiger partial charge in [-0.3, -0.25) is 4.90 Å². The van der Waals surface area contributed by atoms with Gasteiger partial charge in [0, 0.05) is 57.4 Å². The van der Waals surface area contributed by atoms with E-state index in [-0.39, 0.29) is 12.3 Å². The minimum absolute atomic E-state index is 0.187. The Morgan fingerprint density at radius 3 is 2.33 bits per heavy atom. The first-order chi connectivity index (χ1) is 22.4. The van der Waals surface area contributed by atoms with Crippen molar-refractivity contribution in [2.45, 2.75) is 26.0 Å². The highest BCUT2D eigenvalue weighted by Gasteiger charge is 2.26. The minimum Gasteiger partial charge on any atom is -0.491 e. The van der Waals surface area contributed by atoms with Gasteiger partial charge in [-0.05, 0) is 42.3 Å². The predicted molar refractivity (Wildman–Crippen MR) is 180 cm³/mol. The lowest BCUT2D eigenvalue weighted by atomic mass is 10.0. The second-order valence-electron chi connectivity index (χ2n) is 11.7. The number of carbonyl (C=O) groups is 1. The number of benzene rings is 3. The minimum atomic E-state index is -1.15. The second-order valence-corrected chi connectivity index (χ2v) is 12.1. The molecule has 0 radical (unpaired) electrons. The molecule has 1 aliphatic rings. The van der Waals surface area contributed by atoms with Crippen molar-refractivity contribution >= 4 is 28.6 Å². The summed E-state index contributed by atoms with van der Waals surface area (Å²) in [6, 6.07) is 23.4. The number of aromatic nitrogens is 3. The lowest BCUT2D eigenvalue weighted by molar-refractivity contribution is -0.145. The predicted octanol–water partition coefficient (Wildman–Crippen LogP) is 5.81. The lowest BCUT2D eigenvalue weighted by Gasteiger charge is -2.32. The van der Waals surface area contributed by atoms with Gasteiger partial charge in [0.05, 0.1) is 10.4 Å². The molecule has 3 heterocycles. The molecule has 46 heavy (non-hydrogen) atoms. The van der Waals surface area contributed by atoms with E-state index in [1.165, 1.54) is 6.33 Å². The summed E-state index contributed by atoms with van der Waals surface area (Å²) in [4.78, 5) is 26.2. The monoisotopic (exact) mass is 639 g/mol. The molecule has 1 fully saturated rings. The molecule has 1 unspecified atom stereocenters. The van der Waals surface area contributed by atoms with Gasteiger partial charge in [-0.25, -0.2) is 14.8 Å². The second kappa shape index (κ2) is 14.3. The van der Waals surface area contributed by atoms with Gasteiger partial charge in [0.25, 0.3) is 0 Å². The van der Waals surface area contributed by atoms with Crippen LogP contribution in [0.4, 0.5) is 0 Å². The van der Waals surface area contributed by atoms with Crippen LogP contribution in [0.5, 0.6) is 11.6 Å². The Morgan fingerprint density at radius 2 is 1.63 bits per heavy atom. The molecule has 0 spiro atoms. The number of aliphatic carboxylic acids is 1. The van der Waals surface area contributed by atoms with Crippen molar-refractivity contribution in [2.75, 3.05) is 46.4 Å². The Kier molecular flexibility index (Phi) is 9.82. The molecule has 0 saturated carbocycles. The van der Waals surface area contributed by atoms with Gasteiger partial charge >= 0.3 is 5.97 Å². The van der Waals surface area contributed by atoms with Crippen LogP contribution in [-0.2, 0) is 17.8 Å². The van der Waals surface area contributed by atoms with E-state index in [9.17, 15) is 9.90 Å². The van der Waals surface area contributed by atoms with E-state index >= 15 is 0 Å².